The third-order valence-corrected chi connectivity index (χ3v) is 8.49. The highest BCUT2D eigenvalue weighted by Crippen LogP contribution is 2.27. The first-order valence-electron chi connectivity index (χ1n) is 12.0. The molecule has 5 rings (SSSR count). The van der Waals surface area contributed by atoms with Gasteiger partial charge < -0.3 is 15.1 Å². The lowest BCUT2D eigenvalue weighted by molar-refractivity contribution is -0.117. The molecule has 0 spiro atoms. The van der Waals surface area contributed by atoms with Crippen LogP contribution in [0.25, 0.3) is 11.0 Å². The molecule has 11 heteroatoms. The largest absolute Gasteiger partial charge is 0.367 e. The molecule has 0 bridgehead atoms. The number of sulfonamides is 1. The molecule has 1 aromatic heterocycles. The van der Waals surface area contributed by atoms with E-state index in [2.05, 4.69) is 35.6 Å². The molecule has 0 saturated carbocycles. The lowest BCUT2D eigenvalue weighted by Gasteiger charge is -2.35. The summed E-state index contributed by atoms with van der Waals surface area (Å²) in [7, 11) is -1.98. The van der Waals surface area contributed by atoms with Crippen LogP contribution in [0.4, 0.5) is 11.4 Å². The van der Waals surface area contributed by atoms with E-state index in [1.54, 1.807) is 12.1 Å². The highest BCUT2D eigenvalue weighted by Gasteiger charge is 2.29. The van der Waals surface area contributed by atoms with Gasteiger partial charge in [0.2, 0.25) is 15.9 Å². The van der Waals surface area contributed by atoms with E-state index in [1.807, 2.05) is 54.6 Å². The zero-order valence-corrected chi connectivity index (χ0v) is 22.0. The van der Waals surface area contributed by atoms with E-state index in [9.17, 15) is 13.2 Å². The van der Waals surface area contributed by atoms with E-state index in [0.717, 1.165) is 49.2 Å². The summed E-state index contributed by atoms with van der Waals surface area (Å²) in [6, 6.07) is 20.7. The number of carbonyl (C=O) groups is 1. The van der Waals surface area contributed by atoms with E-state index >= 15 is 0 Å². The maximum atomic E-state index is 13.6. The second kappa shape index (κ2) is 10.9. The topological polar surface area (TPSA) is 108 Å². The van der Waals surface area contributed by atoms with Crippen LogP contribution >= 0.6 is 11.7 Å². The number of anilines is 2. The Kier molecular flexibility index (Phi) is 7.47. The molecular weight excluding hydrogens is 508 g/mol. The number of hydrogen-bond acceptors (Lipinski definition) is 8. The fraction of sp³-hybridized carbons (Fsp3) is 0.269. The van der Waals surface area contributed by atoms with E-state index in [4.69, 9.17) is 0 Å². The minimum absolute atomic E-state index is 0.00227. The molecule has 192 valence electrons. The second-order valence-corrected chi connectivity index (χ2v) is 11.3. The first-order chi connectivity index (χ1) is 17.9. The molecule has 4 aromatic rings. The summed E-state index contributed by atoms with van der Waals surface area (Å²) in [6.45, 7) is 3.54. The van der Waals surface area contributed by atoms with E-state index in [0.29, 0.717) is 16.7 Å². The smallest absolute Gasteiger partial charge is 0.243 e. The van der Waals surface area contributed by atoms with Crippen molar-refractivity contribution in [2.24, 2.45) is 0 Å². The molecule has 37 heavy (non-hydrogen) atoms. The summed E-state index contributed by atoms with van der Waals surface area (Å²) in [6.07, 6.45) is 0.188. The summed E-state index contributed by atoms with van der Waals surface area (Å²) in [4.78, 5) is 18.1. The number of aromatic nitrogens is 2. The van der Waals surface area contributed by atoms with Crippen LogP contribution in [0.5, 0.6) is 0 Å². The fourth-order valence-electron chi connectivity index (χ4n) is 4.41. The number of rotatable bonds is 8. The molecule has 3 aromatic carbocycles. The Labute approximate surface area is 220 Å². The fourth-order valence-corrected chi connectivity index (χ4v) is 6.37. The Balaban J connectivity index is 1.43. The van der Waals surface area contributed by atoms with Gasteiger partial charge in [-0.15, -0.1) is 0 Å². The van der Waals surface area contributed by atoms with Crippen molar-refractivity contribution in [1.29, 1.82) is 0 Å². The first kappa shape index (κ1) is 25.3. The summed E-state index contributed by atoms with van der Waals surface area (Å²) in [5.41, 5.74) is 3.20. The molecule has 1 saturated heterocycles. The molecule has 0 aliphatic carbocycles. The van der Waals surface area contributed by atoms with Crippen molar-refractivity contribution in [3.05, 3.63) is 78.4 Å². The SMILES string of the molecule is CN1CCN(c2ccccc2NC(=O)[C@H](Cc2ccccc2)NS(=O)(=O)c2cccc3nsnc23)CC1. The van der Waals surface area contributed by atoms with Gasteiger partial charge in [0.05, 0.1) is 23.1 Å². The number of carbonyl (C=O) groups excluding carboxylic acids is 1. The molecule has 1 aliphatic rings. The predicted octanol–water partition coefficient (Wildman–Crippen LogP) is 2.97. The van der Waals surface area contributed by atoms with Crippen LogP contribution in [0.2, 0.25) is 0 Å². The third kappa shape index (κ3) is 5.80. The lowest BCUT2D eigenvalue weighted by atomic mass is 10.1. The van der Waals surface area contributed by atoms with Gasteiger partial charge in [-0.3, -0.25) is 4.79 Å². The maximum Gasteiger partial charge on any atom is 0.243 e. The minimum Gasteiger partial charge on any atom is -0.367 e. The number of piperazine rings is 1. The Morgan fingerprint density at radius 1 is 0.946 bits per heavy atom. The minimum atomic E-state index is -4.07. The maximum absolute atomic E-state index is 13.6. The molecular formula is C26H28N6O3S2. The third-order valence-electron chi connectivity index (χ3n) is 6.44. The van der Waals surface area contributed by atoms with Crippen molar-refractivity contribution < 1.29 is 13.2 Å². The first-order valence-corrected chi connectivity index (χ1v) is 14.2. The van der Waals surface area contributed by atoms with Gasteiger partial charge >= 0.3 is 0 Å². The van der Waals surface area contributed by atoms with Crippen LogP contribution in [0.15, 0.2) is 77.7 Å². The number of benzene rings is 3. The molecule has 1 atom stereocenters. The summed E-state index contributed by atoms with van der Waals surface area (Å²) in [5, 5.41) is 3.00. The number of fused-ring (bicyclic) bond motifs is 1. The second-order valence-electron chi connectivity index (χ2n) is 9.05. The zero-order chi connectivity index (χ0) is 25.8. The van der Waals surface area contributed by atoms with E-state index < -0.39 is 22.0 Å². The van der Waals surface area contributed by atoms with Gasteiger partial charge in [0.1, 0.15) is 22.0 Å². The molecule has 1 fully saturated rings. The quantitative estimate of drug-likeness (QED) is 0.357. The Bertz CT molecular complexity index is 1480. The standard InChI is InChI=1S/C26H28N6O3S2/c1-31-14-16-32(17-15-31)23-12-6-5-10-20(23)27-26(33)22(18-19-8-3-2-4-9-19)30-37(34,35)24-13-7-11-21-25(24)29-36-28-21/h2-13,22,30H,14-18H2,1H3,(H,27,33)/t22-/m0/s1. The van der Waals surface area contributed by atoms with Crippen LogP contribution in [0, 0.1) is 0 Å². The molecule has 1 aliphatic heterocycles. The molecule has 1 amide bonds. The van der Waals surface area contributed by atoms with Gasteiger partial charge in [-0.05, 0) is 43.3 Å². The van der Waals surface area contributed by atoms with Gasteiger partial charge in [0.25, 0.3) is 0 Å². The zero-order valence-electron chi connectivity index (χ0n) is 20.4. The van der Waals surface area contributed by atoms with Crippen molar-refractivity contribution in [2.75, 3.05) is 43.4 Å². The van der Waals surface area contributed by atoms with Gasteiger partial charge in [-0.1, -0.05) is 48.5 Å². The summed E-state index contributed by atoms with van der Waals surface area (Å²) >= 11 is 0.949. The molecule has 9 nitrogen and oxygen atoms in total. The van der Waals surface area contributed by atoms with Crippen molar-refractivity contribution in [2.45, 2.75) is 17.4 Å². The summed E-state index contributed by atoms with van der Waals surface area (Å²) in [5.74, 6) is -0.433. The van der Waals surface area contributed by atoms with E-state index in [-0.39, 0.29) is 11.3 Å². The van der Waals surface area contributed by atoms with Crippen molar-refractivity contribution in [3.63, 3.8) is 0 Å². The average Bonchev–Trinajstić information content (AvgIpc) is 3.39. The number of para-hydroxylation sites is 2. The number of nitrogens with one attached hydrogen (secondary N) is 2. The number of nitrogens with zero attached hydrogens (tertiary/aromatic N) is 4. The van der Waals surface area contributed by atoms with E-state index in [1.165, 1.54) is 6.07 Å². The summed E-state index contributed by atoms with van der Waals surface area (Å²) < 4.78 is 37.9. The van der Waals surface area contributed by atoms with Crippen molar-refractivity contribution in [3.8, 4) is 0 Å². The molecule has 0 unspecified atom stereocenters. The number of hydrogen-bond donors (Lipinski definition) is 2. The Morgan fingerprint density at radius 3 is 2.46 bits per heavy atom. The highest BCUT2D eigenvalue weighted by atomic mass is 32.2. The van der Waals surface area contributed by atoms with Crippen LogP contribution < -0.4 is 14.9 Å². The lowest BCUT2D eigenvalue weighted by Crippen LogP contribution is -2.46. The van der Waals surface area contributed by atoms with Crippen molar-refractivity contribution >= 4 is 50.1 Å². The monoisotopic (exact) mass is 536 g/mol. The van der Waals surface area contributed by atoms with Crippen LogP contribution in [-0.2, 0) is 21.2 Å². The molecule has 0 radical (unpaired) electrons. The predicted molar refractivity (Wildman–Crippen MR) is 146 cm³/mol. The van der Waals surface area contributed by atoms with Crippen LogP contribution in [0.3, 0.4) is 0 Å². The normalized spacial score (nSPS) is 15.5. The van der Waals surface area contributed by atoms with Gasteiger partial charge in [0.15, 0.2) is 0 Å². The number of amides is 1. The Morgan fingerprint density at radius 2 is 1.68 bits per heavy atom. The Hall–Kier alpha value is -3.38. The molecule has 2 heterocycles. The van der Waals surface area contributed by atoms with Crippen molar-refractivity contribution in [1.82, 2.24) is 18.4 Å². The van der Waals surface area contributed by atoms with Gasteiger partial charge in [-0.25, -0.2) is 8.42 Å². The van der Waals surface area contributed by atoms with Gasteiger partial charge in [0, 0.05) is 26.2 Å². The van der Waals surface area contributed by atoms with Crippen LogP contribution in [-0.4, -0.2) is 67.2 Å². The highest BCUT2D eigenvalue weighted by molar-refractivity contribution is 7.89. The van der Waals surface area contributed by atoms with Crippen LogP contribution in [0.1, 0.15) is 5.56 Å². The van der Waals surface area contributed by atoms with Gasteiger partial charge in [-0.2, -0.15) is 13.5 Å². The average molecular weight is 537 g/mol. The molecule has 2 N–H and O–H groups in total. The number of likely N-dealkylation sites (N-methyl/N-ethyl adjacent to an activating group) is 1.